The Morgan fingerprint density at radius 2 is 2.08 bits per heavy atom. The van der Waals surface area contributed by atoms with Crippen LogP contribution in [-0.4, -0.2) is 28.4 Å². The molecule has 26 heavy (non-hydrogen) atoms. The largest absolute Gasteiger partial charge is 0.350 e. The third-order valence-corrected chi connectivity index (χ3v) is 4.52. The highest BCUT2D eigenvalue weighted by atomic mass is 16.8. The maximum Gasteiger partial charge on any atom is 0.275 e. The Balaban J connectivity index is 1.55. The van der Waals surface area contributed by atoms with E-state index in [1.54, 1.807) is 12.1 Å². The third kappa shape index (κ3) is 3.34. The van der Waals surface area contributed by atoms with Gasteiger partial charge in [0, 0.05) is 24.3 Å². The van der Waals surface area contributed by atoms with Crippen LogP contribution in [0.1, 0.15) is 35.4 Å². The molecule has 1 unspecified atom stereocenters. The van der Waals surface area contributed by atoms with Crippen LogP contribution in [0.5, 0.6) is 0 Å². The number of nitrogens with zero attached hydrogens (tertiary/aromatic N) is 2. The smallest absolute Gasteiger partial charge is 0.275 e. The SMILES string of the molecule is Cc1nc2cc(C(=O)NOC3CCCCO3)ccc2n1-c1ccccc1. The number of aromatic nitrogens is 2. The van der Waals surface area contributed by atoms with Crippen molar-refractivity contribution in [3.63, 3.8) is 0 Å². The standard InChI is InChI=1S/C20H21N3O3/c1-14-21-17-13-15(20(24)22-26-19-9-5-6-12-25-19)10-11-18(17)23(14)16-7-3-2-4-8-16/h2-4,7-8,10-11,13,19H,5-6,9,12H2,1H3,(H,22,24). The number of imidazole rings is 1. The number of rotatable bonds is 4. The molecule has 6 nitrogen and oxygen atoms in total. The Kier molecular flexibility index (Phi) is 4.69. The van der Waals surface area contributed by atoms with Gasteiger partial charge in [-0.15, -0.1) is 0 Å². The van der Waals surface area contributed by atoms with E-state index in [1.807, 2.05) is 43.3 Å². The van der Waals surface area contributed by atoms with Gasteiger partial charge in [0.25, 0.3) is 5.91 Å². The molecule has 1 atom stereocenters. The van der Waals surface area contributed by atoms with Gasteiger partial charge in [-0.1, -0.05) is 18.2 Å². The number of hydrogen-bond donors (Lipinski definition) is 1. The van der Waals surface area contributed by atoms with Crippen LogP contribution in [0, 0.1) is 6.92 Å². The number of carbonyl (C=O) groups excluding carboxylic acids is 1. The first-order chi connectivity index (χ1) is 12.7. The van der Waals surface area contributed by atoms with Crippen molar-refractivity contribution in [2.24, 2.45) is 0 Å². The van der Waals surface area contributed by atoms with Crippen LogP contribution < -0.4 is 5.48 Å². The molecule has 134 valence electrons. The van der Waals surface area contributed by atoms with E-state index in [1.165, 1.54) is 0 Å². The van der Waals surface area contributed by atoms with Crippen LogP contribution in [0.4, 0.5) is 0 Å². The number of carbonyl (C=O) groups is 1. The first-order valence-electron chi connectivity index (χ1n) is 8.84. The fraction of sp³-hybridized carbons (Fsp3) is 0.300. The van der Waals surface area contributed by atoms with Gasteiger partial charge in [0.1, 0.15) is 5.82 Å². The minimum atomic E-state index is -0.365. The van der Waals surface area contributed by atoms with Crippen molar-refractivity contribution in [2.45, 2.75) is 32.5 Å². The summed E-state index contributed by atoms with van der Waals surface area (Å²) in [6.07, 6.45) is 2.51. The Labute approximate surface area is 151 Å². The average molecular weight is 351 g/mol. The van der Waals surface area contributed by atoms with Gasteiger partial charge < -0.3 is 4.74 Å². The van der Waals surface area contributed by atoms with Crippen molar-refractivity contribution < 1.29 is 14.4 Å². The first kappa shape index (κ1) is 16.8. The van der Waals surface area contributed by atoms with Crippen LogP contribution in [0.25, 0.3) is 16.7 Å². The predicted molar refractivity (Wildman–Crippen MR) is 97.9 cm³/mol. The van der Waals surface area contributed by atoms with E-state index in [4.69, 9.17) is 9.57 Å². The zero-order chi connectivity index (χ0) is 17.9. The van der Waals surface area contributed by atoms with Crippen molar-refractivity contribution in [3.8, 4) is 5.69 Å². The molecule has 6 heteroatoms. The Morgan fingerprint density at radius 3 is 2.85 bits per heavy atom. The molecule has 1 aliphatic heterocycles. The van der Waals surface area contributed by atoms with Gasteiger partial charge in [-0.3, -0.25) is 9.36 Å². The number of benzene rings is 2. The zero-order valence-corrected chi connectivity index (χ0v) is 14.6. The number of hydrogen-bond acceptors (Lipinski definition) is 4. The summed E-state index contributed by atoms with van der Waals surface area (Å²) < 4.78 is 7.52. The van der Waals surface area contributed by atoms with Crippen LogP contribution >= 0.6 is 0 Å². The van der Waals surface area contributed by atoms with E-state index in [9.17, 15) is 4.79 Å². The van der Waals surface area contributed by atoms with Crippen LogP contribution in [0.2, 0.25) is 0 Å². The summed E-state index contributed by atoms with van der Waals surface area (Å²) in [5.74, 6) is 0.573. The third-order valence-electron chi connectivity index (χ3n) is 4.52. The molecular formula is C20H21N3O3. The maximum atomic E-state index is 12.4. The van der Waals surface area contributed by atoms with E-state index in [0.717, 1.165) is 41.8 Å². The lowest BCUT2D eigenvalue weighted by atomic mass is 10.2. The number of aryl methyl sites for hydroxylation is 1. The monoisotopic (exact) mass is 351 g/mol. The van der Waals surface area contributed by atoms with E-state index in [2.05, 4.69) is 15.0 Å². The summed E-state index contributed by atoms with van der Waals surface area (Å²) in [6.45, 7) is 2.62. The van der Waals surface area contributed by atoms with Gasteiger partial charge in [-0.2, -0.15) is 0 Å². The second-order valence-corrected chi connectivity index (χ2v) is 6.38. The molecule has 0 saturated carbocycles. The van der Waals surface area contributed by atoms with Crippen LogP contribution in [0.3, 0.4) is 0 Å². The maximum absolute atomic E-state index is 12.4. The molecule has 1 saturated heterocycles. The molecule has 2 heterocycles. The van der Waals surface area contributed by atoms with Crippen molar-refractivity contribution in [1.82, 2.24) is 15.0 Å². The van der Waals surface area contributed by atoms with E-state index >= 15 is 0 Å². The molecule has 0 aliphatic carbocycles. The number of para-hydroxylation sites is 1. The minimum absolute atomic E-state index is 0.298. The number of hydroxylamine groups is 1. The lowest BCUT2D eigenvalue weighted by Gasteiger charge is -2.22. The average Bonchev–Trinajstić information content (AvgIpc) is 3.02. The quantitative estimate of drug-likeness (QED) is 0.731. The summed E-state index contributed by atoms with van der Waals surface area (Å²) in [7, 11) is 0. The summed E-state index contributed by atoms with van der Waals surface area (Å²) in [4.78, 5) is 22.3. The summed E-state index contributed by atoms with van der Waals surface area (Å²) in [5, 5.41) is 0. The second-order valence-electron chi connectivity index (χ2n) is 6.38. The zero-order valence-electron chi connectivity index (χ0n) is 14.6. The topological polar surface area (TPSA) is 65.4 Å². The Hall–Kier alpha value is -2.70. The van der Waals surface area contributed by atoms with E-state index in [-0.39, 0.29) is 12.2 Å². The van der Waals surface area contributed by atoms with Gasteiger partial charge in [0.2, 0.25) is 0 Å². The van der Waals surface area contributed by atoms with Crippen molar-refractivity contribution >= 4 is 16.9 Å². The molecule has 0 spiro atoms. The summed E-state index contributed by atoms with van der Waals surface area (Å²) in [6, 6.07) is 15.5. The molecule has 0 bridgehead atoms. The molecule has 1 amide bonds. The molecule has 4 rings (SSSR count). The molecule has 1 N–H and O–H groups in total. The summed E-state index contributed by atoms with van der Waals surface area (Å²) in [5.41, 5.74) is 5.77. The fourth-order valence-corrected chi connectivity index (χ4v) is 3.23. The van der Waals surface area contributed by atoms with Crippen LogP contribution in [-0.2, 0) is 9.57 Å². The Morgan fingerprint density at radius 1 is 1.23 bits per heavy atom. The molecule has 2 aromatic carbocycles. The highest BCUT2D eigenvalue weighted by molar-refractivity contribution is 5.97. The molecular weight excluding hydrogens is 330 g/mol. The first-order valence-corrected chi connectivity index (χ1v) is 8.84. The minimum Gasteiger partial charge on any atom is -0.350 e. The highest BCUT2D eigenvalue weighted by Gasteiger charge is 2.17. The van der Waals surface area contributed by atoms with E-state index in [0.29, 0.717) is 12.2 Å². The lowest BCUT2D eigenvalue weighted by Crippen LogP contribution is -2.33. The predicted octanol–water partition coefficient (Wildman–Crippen LogP) is 3.52. The molecule has 3 aromatic rings. The number of fused-ring (bicyclic) bond motifs is 1. The van der Waals surface area contributed by atoms with Gasteiger partial charge in [0.05, 0.1) is 11.0 Å². The number of amides is 1. The van der Waals surface area contributed by atoms with Gasteiger partial charge in [-0.05, 0) is 50.1 Å². The Bertz CT molecular complexity index is 915. The highest BCUT2D eigenvalue weighted by Crippen LogP contribution is 2.22. The fourth-order valence-electron chi connectivity index (χ4n) is 3.23. The lowest BCUT2D eigenvalue weighted by molar-refractivity contribution is -0.186. The summed E-state index contributed by atoms with van der Waals surface area (Å²) >= 11 is 0. The van der Waals surface area contributed by atoms with Gasteiger partial charge in [-0.25, -0.2) is 15.3 Å². The normalized spacial score (nSPS) is 17.3. The number of nitrogens with one attached hydrogen (secondary N) is 1. The number of ether oxygens (including phenoxy) is 1. The van der Waals surface area contributed by atoms with Crippen molar-refractivity contribution in [2.75, 3.05) is 6.61 Å². The molecule has 1 aliphatic rings. The van der Waals surface area contributed by atoms with Gasteiger partial charge in [0.15, 0.2) is 6.29 Å². The van der Waals surface area contributed by atoms with E-state index < -0.39 is 0 Å². The second kappa shape index (κ2) is 7.27. The molecule has 0 radical (unpaired) electrons. The van der Waals surface area contributed by atoms with Crippen molar-refractivity contribution in [3.05, 3.63) is 59.9 Å². The van der Waals surface area contributed by atoms with Gasteiger partial charge >= 0.3 is 0 Å². The molecule has 1 fully saturated rings. The van der Waals surface area contributed by atoms with Crippen LogP contribution in [0.15, 0.2) is 48.5 Å². The van der Waals surface area contributed by atoms with Crippen molar-refractivity contribution in [1.29, 1.82) is 0 Å². The molecule has 1 aromatic heterocycles.